The summed E-state index contributed by atoms with van der Waals surface area (Å²) >= 11 is 0. The molecule has 0 unspecified atom stereocenters. The van der Waals surface area contributed by atoms with Crippen LogP contribution in [0.1, 0.15) is 43.0 Å². The monoisotopic (exact) mass is 191 g/mol. The highest BCUT2D eigenvalue weighted by atomic mass is 14.6. The van der Waals surface area contributed by atoms with E-state index in [4.69, 9.17) is 5.73 Å². The van der Waals surface area contributed by atoms with Gasteiger partial charge in [-0.05, 0) is 37.3 Å². The number of hydrogen-bond acceptors (Lipinski definition) is 1. The molecule has 0 aliphatic carbocycles. The van der Waals surface area contributed by atoms with E-state index >= 15 is 0 Å². The van der Waals surface area contributed by atoms with Gasteiger partial charge >= 0.3 is 0 Å². The largest absolute Gasteiger partial charge is 0.324 e. The number of hydrogen-bond donors (Lipinski definition) is 1. The summed E-state index contributed by atoms with van der Waals surface area (Å²) in [5.41, 5.74) is 10.1. The highest BCUT2D eigenvalue weighted by molar-refractivity contribution is 5.32. The second kappa shape index (κ2) is 4.61. The van der Waals surface area contributed by atoms with Crippen molar-refractivity contribution in [2.24, 2.45) is 11.7 Å². The first kappa shape index (κ1) is 11.3. The van der Waals surface area contributed by atoms with Gasteiger partial charge in [0.2, 0.25) is 0 Å². The van der Waals surface area contributed by atoms with E-state index in [1.54, 1.807) is 0 Å². The number of aryl methyl sites for hydroxylation is 2. The van der Waals surface area contributed by atoms with E-state index in [1.165, 1.54) is 16.7 Å². The molecule has 1 nitrogen and oxygen atoms in total. The maximum absolute atomic E-state index is 6.17. The molecule has 1 aromatic carbocycles. The Kier molecular flexibility index (Phi) is 3.70. The van der Waals surface area contributed by atoms with Crippen molar-refractivity contribution in [3.8, 4) is 0 Å². The van der Waals surface area contributed by atoms with Crippen LogP contribution in [0.2, 0.25) is 0 Å². The van der Waals surface area contributed by atoms with Crippen molar-refractivity contribution in [2.45, 2.75) is 40.2 Å². The van der Waals surface area contributed by atoms with Gasteiger partial charge in [-0.2, -0.15) is 0 Å². The minimum Gasteiger partial charge on any atom is -0.324 e. The van der Waals surface area contributed by atoms with E-state index in [0.717, 1.165) is 6.42 Å². The molecule has 14 heavy (non-hydrogen) atoms. The molecule has 0 aliphatic rings. The average molecular weight is 191 g/mol. The smallest absolute Gasteiger partial charge is 0.0300 e. The lowest BCUT2D eigenvalue weighted by atomic mass is 9.93. The zero-order valence-electron chi connectivity index (χ0n) is 9.67. The molecule has 0 heterocycles. The molecule has 1 atom stereocenters. The molecule has 1 aromatic rings. The Morgan fingerprint density at radius 2 is 1.86 bits per heavy atom. The van der Waals surface area contributed by atoms with Crippen molar-refractivity contribution >= 4 is 0 Å². The molecule has 1 heteroatoms. The van der Waals surface area contributed by atoms with Gasteiger partial charge in [0.05, 0.1) is 0 Å². The minimum absolute atomic E-state index is 0.190. The maximum atomic E-state index is 6.17. The predicted octanol–water partition coefficient (Wildman–Crippen LogP) is 3.35. The van der Waals surface area contributed by atoms with Crippen LogP contribution in [0.5, 0.6) is 0 Å². The Morgan fingerprint density at radius 3 is 2.43 bits per heavy atom. The quantitative estimate of drug-likeness (QED) is 0.779. The Hall–Kier alpha value is -0.820. The molecule has 0 radical (unpaired) electrons. The zero-order valence-corrected chi connectivity index (χ0v) is 9.67. The highest BCUT2D eigenvalue weighted by Crippen LogP contribution is 2.22. The summed E-state index contributed by atoms with van der Waals surface area (Å²) in [6.07, 6.45) is 1.06. The molecule has 0 aliphatic heterocycles. The van der Waals surface area contributed by atoms with Gasteiger partial charge in [-0.25, -0.2) is 0 Å². The minimum atomic E-state index is 0.190. The standard InChI is InChI=1S/C13H21N/c1-9(2)7-13(14)12-8-10(3)5-6-11(12)4/h5-6,8-9,13H,7,14H2,1-4H3/t13-/m0/s1. The molecule has 0 amide bonds. The third-order valence-corrected chi connectivity index (χ3v) is 2.56. The second-order valence-corrected chi connectivity index (χ2v) is 4.60. The SMILES string of the molecule is Cc1ccc(C)c([C@@H](N)CC(C)C)c1. The molecule has 0 spiro atoms. The predicted molar refractivity (Wildman–Crippen MR) is 62.3 cm³/mol. The van der Waals surface area contributed by atoms with Gasteiger partial charge in [-0.15, -0.1) is 0 Å². The van der Waals surface area contributed by atoms with Crippen LogP contribution in [-0.2, 0) is 0 Å². The molecule has 0 saturated heterocycles. The molecule has 0 bridgehead atoms. The van der Waals surface area contributed by atoms with E-state index in [9.17, 15) is 0 Å². The Labute approximate surface area is 87.3 Å². The number of benzene rings is 1. The first-order chi connectivity index (χ1) is 6.50. The topological polar surface area (TPSA) is 26.0 Å². The van der Waals surface area contributed by atoms with Crippen molar-refractivity contribution in [3.63, 3.8) is 0 Å². The van der Waals surface area contributed by atoms with Crippen LogP contribution in [0.4, 0.5) is 0 Å². The van der Waals surface area contributed by atoms with Crippen molar-refractivity contribution in [2.75, 3.05) is 0 Å². The summed E-state index contributed by atoms with van der Waals surface area (Å²) < 4.78 is 0. The van der Waals surface area contributed by atoms with E-state index in [0.29, 0.717) is 5.92 Å². The van der Waals surface area contributed by atoms with Gasteiger partial charge in [0.15, 0.2) is 0 Å². The Morgan fingerprint density at radius 1 is 1.21 bits per heavy atom. The maximum Gasteiger partial charge on any atom is 0.0300 e. The number of rotatable bonds is 3. The van der Waals surface area contributed by atoms with E-state index in [-0.39, 0.29) is 6.04 Å². The van der Waals surface area contributed by atoms with Gasteiger partial charge in [-0.3, -0.25) is 0 Å². The van der Waals surface area contributed by atoms with Gasteiger partial charge in [-0.1, -0.05) is 37.6 Å². The molecule has 1 rings (SSSR count). The van der Waals surface area contributed by atoms with E-state index in [2.05, 4.69) is 45.9 Å². The average Bonchev–Trinajstić information content (AvgIpc) is 2.08. The fourth-order valence-corrected chi connectivity index (χ4v) is 1.79. The first-order valence-corrected chi connectivity index (χ1v) is 5.33. The number of nitrogens with two attached hydrogens (primary N) is 1. The summed E-state index contributed by atoms with van der Waals surface area (Å²) in [5.74, 6) is 0.657. The summed E-state index contributed by atoms with van der Waals surface area (Å²) in [7, 11) is 0. The summed E-state index contributed by atoms with van der Waals surface area (Å²) in [6, 6.07) is 6.70. The van der Waals surface area contributed by atoms with Crippen molar-refractivity contribution in [1.82, 2.24) is 0 Å². The fraction of sp³-hybridized carbons (Fsp3) is 0.538. The molecule has 0 aromatic heterocycles. The molecule has 2 N–H and O–H groups in total. The summed E-state index contributed by atoms with van der Waals surface area (Å²) in [4.78, 5) is 0. The third-order valence-electron chi connectivity index (χ3n) is 2.56. The van der Waals surface area contributed by atoms with Gasteiger partial charge in [0.1, 0.15) is 0 Å². The van der Waals surface area contributed by atoms with Crippen molar-refractivity contribution < 1.29 is 0 Å². The third kappa shape index (κ3) is 2.85. The highest BCUT2D eigenvalue weighted by Gasteiger charge is 2.10. The van der Waals surface area contributed by atoms with Crippen LogP contribution in [-0.4, -0.2) is 0 Å². The summed E-state index contributed by atoms with van der Waals surface area (Å²) in [6.45, 7) is 8.68. The first-order valence-electron chi connectivity index (χ1n) is 5.33. The molecular weight excluding hydrogens is 170 g/mol. The van der Waals surface area contributed by atoms with Crippen molar-refractivity contribution in [1.29, 1.82) is 0 Å². The van der Waals surface area contributed by atoms with Crippen LogP contribution in [0, 0.1) is 19.8 Å². The van der Waals surface area contributed by atoms with Crippen LogP contribution in [0.25, 0.3) is 0 Å². The van der Waals surface area contributed by atoms with E-state index in [1.807, 2.05) is 0 Å². The van der Waals surface area contributed by atoms with Crippen LogP contribution in [0.15, 0.2) is 18.2 Å². The molecule has 78 valence electrons. The van der Waals surface area contributed by atoms with Crippen LogP contribution in [0.3, 0.4) is 0 Å². The Bertz CT molecular complexity index is 302. The summed E-state index contributed by atoms with van der Waals surface area (Å²) in [5, 5.41) is 0. The van der Waals surface area contributed by atoms with Gasteiger partial charge < -0.3 is 5.73 Å². The normalized spacial score (nSPS) is 13.3. The second-order valence-electron chi connectivity index (χ2n) is 4.60. The lowest BCUT2D eigenvalue weighted by Crippen LogP contribution is -2.14. The molecular formula is C13H21N. The molecule has 0 fully saturated rings. The van der Waals surface area contributed by atoms with Gasteiger partial charge in [0, 0.05) is 6.04 Å². The van der Waals surface area contributed by atoms with Crippen LogP contribution < -0.4 is 5.73 Å². The molecule has 0 saturated carbocycles. The van der Waals surface area contributed by atoms with Crippen molar-refractivity contribution in [3.05, 3.63) is 34.9 Å². The fourth-order valence-electron chi connectivity index (χ4n) is 1.79. The Balaban J connectivity index is 2.88. The van der Waals surface area contributed by atoms with Crippen LogP contribution >= 0.6 is 0 Å². The van der Waals surface area contributed by atoms with Gasteiger partial charge in [0.25, 0.3) is 0 Å². The van der Waals surface area contributed by atoms with E-state index < -0.39 is 0 Å². The lowest BCUT2D eigenvalue weighted by Gasteiger charge is -2.17. The lowest BCUT2D eigenvalue weighted by molar-refractivity contribution is 0.508. The zero-order chi connectivity index (χ0) is 10.7.